The highest BCUT2D eigenvalue weighted by Gasteiger charge is 2.11. The maximum atomic E-state index is 4.55. The van der Waals surface area contributed by atoms with E-state index in [1.807, 2.05) is 12.3 Å². The van der Waals surface area contributed by atoms with Gasteiger partial charge in [0.15, 0.2) is 0 Å². The Kier molecular flexibility index (Phi) is 6.85. The van der Waals surface area contributed by atoms with Gasteiger partial charge in [-0.3, -0.25) is 0 Å². The molecule has 3 nitrogen and oxygen atoms in total. The largest absolute Gasteiger partial charge is 0.359 e. The van der Waals surface area contributed by atoms with E-state index in [1.165, 1.54) is 12.0 Å². The third-order valence-corrected chi connectivity index (χ3v) is 3.38. The molecule has 0 saturated carbocycles. The SMILES string of the molecule is CCC(C)CN(C)c1ncccc1CNCC(C)C. The maximum absolute atomic E-state index is 4.55. The minimum absolute atomic E-state index is 0.679. The molecule has 0 aliphatic carbocycles. The first kappa shape index (κ1) is 16.0. The second kappa shape index (κ2) is 8.16. The van der Waals surface area contributed by atoms with Crippen LogP contribution in [0.5, 0.6) is 0 Å². The zero-order valence-electron chi connectivity index (χ0n) is 13.1. The number of hydrogen-bond acceptors (Lipinski definition) is 3. The van der Waals surface area contributed by atoms with Gasteiger partial charge >= 0.3 is 0 Å². The molecule has 0 aromatic carbocycles. The molecular formula is C16H29N3. The average molecular weight is 263 g/mol. The van der Waals surface area contributed by atoms with Gasteiger partial charge in [-0.15, -0.1) is 0 Å². The molecule has 0 saturated heterocycles. The fourth-order valence-electron chi connectivity index (χ4n) is 2.09. The molecule has 1 heterocycles. The highest BCUT2D eigenvalue weighted by atomic mass is 15.2. The highest BCUT2D eigenvalue weighted by molar-refractivity contribution is 5.45. The number of hydrogen-bond donors (Lipinski definition) is 1. The molecule has 0 fully saturated rings. The molecule has 0 aliphatic rings. The topological polar surface area (TPSA) is 28.2 Å². The lowest BCUT2D eigenvalue weighted by atomic mass is 10.1. The molecule has 3 heteroatoms. The van der Waals surface area contributed by atoms with E-state index in [2.05, 4.69) is 56.0 Å². The zero-order valence-corrected chi connectivity index (χ0v) is 13.1. The van der Waals surface area contributed by atoms with Crippen LogP contribution in [0.2, 0.25) is 0 Å². The monoisotopic (exact) mass is 263 g/mol. The normalized spacial score (nSPS) is 12.7. The van der Waals surface area contributed by atoms with Crippen molar-refractivity contribution in [3.8, 4) is 0 Å². The Labute approximate surface area is 118 Å². The van der Waals surface area contributed by atoms with Gasteiger partial charge in [0.05, 0.1) is 0 Å². The second-order valence-electron chi connectivity index (χ2n) is 5.90. The van der Waals surface area contributed by atoms with E-state index in [4.69, 9.17) is 0 Å². The Morgan fingerprint density at radius 2 is 2.05 bits per heavy atom. The first-order valence-corrected chi connectivity index (χ1v) is 7.40. The fourth-order valence-corrected chi connectivity index (χ4v) is 2.09. The number of anilines is 1. The fraction of sp³-hybridized carbons (Fsp3) is 0.688. The van der Waals surface area contributed by atoms with Crippen LogP contribution in [0.25, 0.3) is 0 Å². The molecule has 0 amide bonds. The lowest BCUT2D eigenvalue weighted by molar-refractivity contribution is 0.544. The predicted octanol–water partition coefficient (Wildman–Crippen LogP) is 3.31. The van der Waals surface area contributed by atoms with E-state index < -0.39 is 0 Å². The Balaban J connectivity index is 2.66. The number of nitrogens with zero attached hydrogens (tertiary/aromatic N) is 2. The van der Waals surface area contributed by atoms with Crippen molar-refractivity contribution in [2.45, 2.75) is 40.7 Å². The minimum Gasteiger partial charge on any atom is -0.359 e. The van der Waals surface area contributed by atoms with E-state index in [0.29, 0.717) is 11.8 Å². The molecule has 1 aromatic heterocycles. The van der Waals surface area contributed by atoms with Gasteiger partial charge in [0.25, 0.3) is 0 Å². The number of nitrogens with one attached hydrogen (secondary N) is 1. The summed E-state index contributed by atoms with van der Waals surface area (Å²) in [6.45, 7) is 12.0. The summed E-state index contributed by atoms with van der Waals surface area (Å²) in [7, 11) is 2.14. The smallest absolute Gasteiger partial charge is 0.132 e. The van der Waals surface area contributed by atoms with Crippen molar-refractivity contribution in [3.63, 3.8) is 0 Å². The molecule has 0 spiro atoms. The molecule has 1 unspecified atom stereocenters. The van der Waals surface area contributed by atoms with E-state index in [1.54, 1.807) is 0 Å². The van der Waals surface area contributed by atoms with Gasteiger partial charge in [-0.2, -0.15) is 0 Å². The summed E-state index contributed by atoms with van der Waals surface area (Å²) >= 11 is 0. The summed E-state index contributed by atoms with van der Waals surface area (Å²) in [5, 5.41) is 3.50. The molecule has 1 atom stereocenters. The number of pyridine rings is 1. The summed E-state index contributed by atoms with van der Waals surface area (Å²) < 4.78 is 0. The maximum Gasteiger partial charge on any atom is 0.132 e. The molecule has 1 rings (SSSR count). The van der Waals surface area contributed by atoms with E-state index in [-0.39, 0.29) is 0 Å². The third kappa shape index (κ3) is 5.60. The molecule has 0 radical (unpaired) electrons. The van der Waals surface area contributed by atoms with Gasteiger partial charge in [0.2, 0.25) is 0 Å². The van der Waals surface area contributed by atoms with Gasteiger partial charge in [0.1, 0.15) is 5.82 Å². The molecule has 0 bridgehead atoms. The van der Waals surface area contributed by atoms with Crippen molar-refractivity contribution in [1.29, 1.82) is 0 Å². The van der Waals surface area contributed by atoms with Crippen molar-refractivity contribution in [3.05, 3.63) is 23.9 Å². The molecule has 1 aromatic rings. The standard InChI is InChI=1S/C16H29N3/c1-6-14(4)12-19(5)16-15(8-7-9-18-16)11-17-10-13(2)3/h7-9,13-14,17H,6,10-12H2,1-5H3. The average Bonchev–Trinajstić information content (AvgIpc) is 2.38. The van der Waals surface area contributed by atoms with E-state index in [9.17, 15) is 0 Å². The number of aromatic nitrogens is 1. The predicted molar refractivity (Wildman–Crippen MR) is 83.5 cm³/mol. The van der Waals surface area contributed by atoms with Crippen LogP contribution in [-0.4, -0.2) is 25.1 Å². The molecule has 1 N–H and O–H groups in total. The molecule has 0 aliphatic heterocycles. The summed E-state index contributed by atoms with van der Waals surface area (Å²) in [6.07, 6.45) is 3.09. The Bertz CT molecular complexity index is 363. The summed E-state index contributed by atoms with van der Waals surface area (Å²) in [6, 6.07) is 4.19. The van der Waals surface area contributed by atoms with Gasteiger partial charge in [0, 0.05) is 31.9 Å². The molecule has 19 heavy (non-hydrogen) atoms. The van der Waals surface area contributed by atoms with Crippen LogP contribution in [0.1, 0.15) is 39.7 Å². The van der Waals surface area contributed by atoms with Crippen molar-refractivity contribution in [1.82, 2.24) is 10.3 Å². The van der Waals surface area contributed by atoms with Crippen LogP contribution in [0.4, 0.5) is 5.82 Å². The lowest BCUT2D eigenvalue weighted by Gasteiger charge is -2.24. The van der Waals surface area contributed by atoms with Gasteiger partial charge < -0.3 is 10.2 Å². The Morgan fingerprint density at radius 3 is 2.68 bits per heavy atom. The van der Waals surface area contributed by atoms with Crippen LogP contribution < -0.4 is 10.2 Å². The molecule has 108 valence electrons. The third-order valence-electron chi connectivity index (χ3n) is 3.38. The zero-order chi connectivity index (χ0) is 14.3. The summed E-state index contributed by atoms with van der Waals surface area (Å²) in [4.78, 5) is 6.83. The Morgan fingerprint density at radius 1 is 1.32 bits per heavy atom. The van der Waals surface area contributed by atoms with Gasteiger partial charge in [-0.1, -0.05) is 40.2 Å². The quantitative estimate of drug-likeness (QED) is 0.780. The summed E-state index contributed by atoms with van der Waals surface area (Å²) in [5.41, 5.74) is 1.29. The van der Waals surface area contributed by atoms with E-state index in [0.717, 1.165) is 25.5 Å². The van der Waals surface area contributed by atoms with Crippen LogP contribution in [0.15, 0.2) is 18.3 Å². The first-order valence-electron chi connectivity index (χ1n) is 7.40. The summed E-state index contributed by atoms with van der Waals surface area (Å²) in [5.74, 6) is 2.49. The van der Waals surface area contributed by atoms with Crippen molar-refractivity contribution < 1.29 is 0 Å². The minimum atomic E-state index is 0.679. The molecular weight excluding hydrogens is 234 g/mol. The van der Waals surface area contributed by atoms with Crippen LogP contribution in [-0.2, 0) is 6.54 Å². The second-order valence-corrected chi connectivity index (χ2v) is 5.90. The van der Waals surface area contributed by atoms with Crippen LogP contribution in [0.3, 0.4) is 0 Å². The Hall–Kier alpha value is -1.09. The van der Waals surface area contributed by atoms with Crippen molar-refractivity contribution in [2.75, 3.05) is 25.0 Å². The van der Waals surface area contributed by atoms with Crippen LogP contribution >= 0.6 is 0 Å². The van der Waals surface area contributed by atoms with E-state index >= 15 is 0 Å². The van der Waals surface area contributed by atoms with Crippen molar-refractivity contribution in [2.24, 2.45) is 11.8 Å². The lowest BCUT2D eigenvalue weighted by Crippen LogP contribution is -2.27. The first-order chi connectivity index (χ1) is 9.04. The van der Waals surface area contributed by atoms with Gasteiger partial charge in [-0.25, -0.2) is 4.98 Å². The van der Waals surface area contributed by atoms with Crippen molar-refractivity contribution >= 4 is 5.82 Å². The van der Waals surface area contributed by atoms with Gasteiger partial charge in [-0.05, 0) is 24.4 Å². The number of rotatable bonds is 8. The highest BCUT2D eigenvalue weighted by Crippen LogP contribution is 2.17. The van der Waals surface area contributed by atoms with Crippen LogP contribution in [0, 0.1) is 11.8 Å².